The number of benzene rings is 10. The minimum atomic E-state index is -2.63. The van der Waals surface area contributed by atoms with Gasteiger partial charge in [0.15, 0.2) is 0 Å². The molecule has 0 saturated heterocycles. The molecule has 0 aliphatic heterocycles. The van der Waals surface area contributed by atoms with Crippen LogP contribution in [0.5, 0.6) is 0 Å². The van der Waals surface area contributed by atoms with Crippen LogP contribution in [0.1, 0.15) is 231 Å². The van der Waals surface area contributed by atoms with Crippen molar-refractivity contribution < 1.29 is 0 Å². The first-order valence-electron chi connectivity index (χ1n) is 36.3. The van der Waals surface area contributed by atoms with Gasteiger partial charge in [-0.1, -0.05) is 0 Å². The van der Waals surface area contributed by atoms with Crippen LogP contribution in [0.2, 0.25) is 33.2 Å². The van der Waals surface area contributed by atoms with E-state index in [9.17, 15) is 0 Å². The molecule has 498 valence electrons. The average molecular weight is 1430 g/mol. The second kappa shape index (κ2) is 32.8. The molecule has 0 N–H and O–H groups in total. The molecule has 6 heteroatoms. The Balaban J connectivity index is 1.35. The van der Waals surface area contributed by atoms with Gasteiger partial charge in [0.25, 0.3) is 0 Å². The molecule has 2 nitrogen and oxygen atoms in total. The predicted molar refractivity (Wildman–Crippen MR) is 429 cm³/mol. The fourth-order valence-electron chi connectivity index (χ4n) is 17.5. The summed E-state index contributed by atoms with van der Waals surface area (Å²) in [6.45, 7) is 43.6. The van der Waals surface area contributed by atoms with Gasteiger partial charge in [0.1, 0.15) is 0 Å². The van der Waals surface area contributed by atoms with Gasteiger partial charge in [-0.25, -0.2) is 0 Å². The van der Waals surface area contributed by atoms with Crippen LogP contribution in [0.15, 0.2) is 276 Å². The third-order valence-corrected chi connectivity index (χ3v) is 46.2. The summed E-state index contributed by atoms with van der Waals surface area (Å²) in [5.74, 6) is 0.500. The van der Waals surface area contributed by atoms with Gasteiger partial charge in [-0.15, -0.1) is 0 Å². The van der Waals surface area contributed by atoms with Gasteiger partial charge in [0.2, 0.25) is 0 Å². The number of hydrogen-bond acceptors (Lipinski definition) is 2. The summed E-state index contributed by atoms with van der Waals surface area (Å²) in [6, 6.07) is 103. The Morgan fingerprint density at radius 2 is 0.454 bits per heavy atom. The number of anilines is 2. The van der Waals surface area contributed by atoms with Gasteiger partial charge in [-0.2, -0.15) is 0 Å². The van der Waals surface area contributed by atoms with Crippen LogP contribution in [0.4, 0.5) is 11.4 Å². The van der Waals surface area contributed by atoms with Crippen molar-refractivity contribution in [2.24, 2.45) is 0 Å². The molecule has 0 saturated carbocycles. The maximum absolute atomic E-state index is 3.32. The van der Waals surface area contributed by atoms with E-state index in [-0.39, 0.29) is 23.7 Å². The molecule has 0 atom stereocenters. The van der Waals surface area contributed by atoms with Crippen molar-refractivity contribution >= 4 is 59.2 Å². The van der Waals surface area contributed by atoms with Crippen LogP contribution in [-0.4, -0.2) is 47.8 Å². The summed E-state index contributed by atoms with van der Waals surface area (Å²) in [4.78, 5) is 2.94. The molecule has 10 aromatic rings. The van der Waals surface area contributed by atoms with Crippen LogP contribution in [-0.2, 0) is 0 Å². The molecular weight excluding hydrogens is 1320 g/mol. The molecule has 0 aliphatic carbocycles. The summed E-state index contributed by atoms with van der Waals surface area (Å²) in [5, 5.41) is 0. The second-order valence-electron chi connectivity index (χ2n) is 29.9. The second-order valence-corrected chi connectivity index (χ2v) is 48.3. The Bertz CT molecular complexity index is 3690. The molecule has 0 aromatic heterocycles. The number of nitrogens with zero attached hydrogens (tertiary/aromatic N) is 2. The van der Waals surface area contributed by atoms with E-state index >= 15 is 0 Å². The van der Waals surface area contributed by atoms with Gasteiger partial charge in [-0.3, -0.25) is 0 Å². The van der Waals surface area contributed by atoms with Crippen LogP contribution in [0.3, 0.4) is 0 Å². The number of rotatable bonds is 28. The van der Waals surface area contributed by atoms with Crippen molar-refractivity contribution in [2.75, 3.05) is 7.05 Å². The molecule has 4 radical (unpaired) electrons. The summed E-state index contributed by atoms with van der Waals surface area (Å²) < 4.78 is 8.20. The minimum absolute atomic E-state index is 0.0203. The van der Waals surface area contributed by atoms with Gasteiger partial charge in [0, 0.05) is 0 Å². The normalized spacial score (nSPS) is 12.6. The fraction of sp³-hybridized carbons (Fsp3) is 0.319. The van der Waals surface area contributed by atoms with Crippen molar-refractivity contribution in [1.29, 1.82) is 0 Å². The molecule has 0 amide bonds. The first-order chi connectivity index (χ1) is 46.7. The van der Waals surface area contributed by atoms with Crippen LogP contribution >= 0.6 is 0 Å². The van der Waals surface area contributed by atoms with E-state index in [2.05, 4.69) is 397 Å². The summed E-state index contributed by atoms with van der Waals surface area (Å²) in [7, 11) is -5.25. The number of allylic oxidation sites excluding steroid dienone is 1. The molecule has 97 heavy (non-hydrogen) atoms. The van der Waals surface area contributed by atoms with E-state index in [0.717, 1.165) is 0 Å². The van der Waals surface area contributed by atoms with Crippen LogP contribution in [0.25, 0.3) is 0 Å². The zero-order chi connectivity index (χ0) is 69.1. The number of hydrogen-bond donors (Lipinski definition) is 0. The topological polar surface area (TPSA) is 6.48 Å². The van der Waals surface area contributed by atoms with Crippen LogP contribution in [0, 0.1) is 0 Å². The Labute approximate surface area is 602 Å². The van der Waals surface area contributed by atoms with Crippen molar-refractivity contribution in [3.05, 3.63) is 354 Å². The van der Waals surface area contributed by atoms with E-state index in [4.69, 9.17) is 0 Å². The van der Waals surface area contributed by atoms with Gasteiger partial charge < -0.3 is 0 Å². The Morgan fingerprint density at radius 1 is 0.268 bits per heavy atom. The molecule has 0 heterocycles. The third-order valence-electron chi connectivity index (χ3n) is 21.5. The predicted octanol–water partition coefficient (Wildman–Crippen LogP) is 25.4. The maximum atomic E-state index is 3.32. The molecule has 0 aliphatic rings. The van der Waals surface area contributed by atoms with Gasteiger partial charge >= 0.3 is 607 Å². The van der Waals surface area contributed by atoms with Crippen molar-refractivity contribution in [2.45, 2.75) is 186 Å². The molecule has 10 rings (SSSR count). The van der Waals surface area contributed by atoms with E-state index in [1.165, 1.54) is 89.3 Å². The molecule has 0 fully saturated rings. The Morgan fingerprint density at radius 3 is 0.639 bits per heavy atom. The Kier molecular flexibility index (Phi) is 24.6. The van der Waals surface area contributed by atoms with E-state index in [0.29, 0.717) is 45.1 Å². The molecule has 0 unspecified atom stereocenters. The standard InChI is InChI=1S/C91H108Ge2N2Si2/c1-63(2)80-58-82(86(72-42-26-18-27-43-72)73-44-28-19-29-45-73)90(83(59-80)87(74-46-30-20-31-47-74)75-48-32-21-33-49-75)94(96(65(5)6,66(7)8)67(9)10)92-62-71(17)93-95(97(68(11)12,69(13)14)70(15)16)91-84(88(76-50-34-22-35-51-76)77-52-36-23-37-53-77)60-81(64(3)4)61-85(91)89(78-54-38-24-39-55-78)79-56-40-25-41-57-79/h18-70,86-89H,1-17H3/b71-62-. The third kappa shape index (κ3) is 15.3. The SMILES string of the molecule is C/[C](=[CH]/[Ge][N](c1c(C(c2ccccc2)c2ccccc2)cc(C(C)C)cc1C(c1ccccc1)c1ccccc1)[Si](C(C)C)(C(C)C)C(C)C)[Ge][N](c1c(C(c2ccccc2)c2ccccc2)cc(C(C)C)cc1C(c1ccccc1)c1ccccc1)[Si](C(C)C)(C(C)C)C(C)C. The first-order valence-corrected chi connectivity index (χ1v) is 44.8. The Hall–Kier alpha value is -6.94. The summed E-state index contributed by atoms with van der Waals surface area (Å²) in [6.07, 6.45) is 0. The van der Waals surface area contributed by atoms with Crippen molar-refractivity contribution in [3.8, 4) is 0 Å². The molecule has 0 bridgehead atoms. The molecular formula is C91H108Ge2N2Si2. The zero-order valence-electron chi connectivity index (χ0n) is 61.3. The summed E-state index contributed by atoms with van der Waals surface area (Å²) >= 11 is -2.21. The summed E-state index contributed by atoms with van der Waals surface area (Å²) in [5.41, 5.74) is 24.8. The van der Waals surface area contributed by atoms with Gasteiger partial charge in [0.05, 0.1) is 0 Å². The zero-order valence-corrected chi connectivity index (χ0v) is 67.5. The van der Waals surface area contributed by atoms with E-state index in [1.54, 1.807) is 4.41 Å². The van der Waals surface area contributed by atoms with Gasteiger partial charge in [-0.05, 0) is 0 Å². The fourth-order valence-corrected chi connectivity index (χ4v) is 48.5. The quantitative estimate of drug-likeness (QED) is 0.0356. The molecule has 0 spiro atoms. The van der Waals surface area contributed by atoms with Crippen molar-refractivity contribution in [3.63, 3.8) is 0 Å². The van der Waals surface area contributed by atoms with E-state index in [1.807, 2.05) is 0 Å². The average Bonchev–Trinajstić information content (AvgIpc) is 0.732. The first kappa shape index (κ1) is 72.8. The van der Waals surface area contributed by atoms with Crippen LogP contribution < -0.4 is 7.05 Å². The monoisotopic (exact) mass is 1430 g/mol. The van der Waals surface area contributed by atoms with Crippen molar-refractivity contribution in [1.82, 2.24) is 0 Å². The molecule has 10 aromatic carbocycles. The van der Waals surface area contributed by atoms with E-state index < -0.39 is 47.8 Å².